The Morgan fingerprint density at radius 2 is 1.58 bits per heavy atom. The molecule has 0 fully saturated rings. The number of benzene rings is 2. The van der Waals surface area contributed by atoms with Gasteiger partial charge in [-0.2, -0.15) is 5.10 Å². The zero-order chi connectivity index (χ0) is 18.2. The van der Waals surface area contributed by atoms with Gasteiger partial charge in [-0.05, 0) is 29.2 Å². The van der Waals surface area contributed by atoms with E-state index < -0.39 is 6.03 Å². The lowest BCUT2D eigenvalue weighted by Crippen LogP contribution is -2.40. The molecule has 0 heterocycles. The lowest BCUT2D eigenvalue weighted by atomic mass is 10.0. The van der Waals surface area contributed by atoms with Crippen molar-refractivity contribution >= 4 is 18.2 Å². The summed E-state index contributed by atoms with van der Waals surface area (Å²) in [6.07, 6.45) is 1.46. The third-order valence-electron chi connectivity index (χ3n) is 3.68. The van der Waals surface area contributed by atoms with Crippen LogP contribution in [0.3, 0.4) is 0 Å². The van der Waals surface area contributed by atoms with Gasteiger partial charge in [-0.1, -0.05) is 63.7 Å². The molecule has 2 aromatic rings. The minimum absolute atomic E-state index is 0. The van der Waals surface area contributed by atoms with E-state index >= 15 is 0 Å². The highest BCUT2D eigenvalue weighted by molar-refractivity contribution is 5.96. The van der Waals surface area contributed by atoms with Gasteiger partial charge in [0.05, 0.1) is 6.04 Å². The summed E-state index contributed by atoms with van der Waals surface area (Å²) in [5.41, 5.74) is 9.78. The summed E-state index contributed by atoms with van der Waals surface area (Å²) in [5.74, 6) is -0.102. The maximum atomic E-state index is 12.4. The number of amides is 3. The van der Waals surface area contributed by atoms with Gasteiger partial charge in [-0.3, -0.25) is 4.79 Å². The molecule has 26 heavy (non-hydrogen) atoms. The highest BCUT2D eigenvalue weighted by Crippen LogP contribution is 2.19. The first-order valence-corrected chi connectivity index (χ1v) is 8.02. The first-order chi connectivity index (χ1) is 12.0. The van der Waals surface area contributed by atoms with Crippen molar-refractivity contribution in [1.29, 1.82) is 0 Å². The standard InChI is InChI=1S/C19H22N4O2.CH4/c1-13(2)17(12-21-23-19(20)25)22-18(24)16-10-8-15(9-11-16)14-6-4-3-5-7-14;/h3-13,17H,1-2H3,(H,22,24)(H3,20,23,25);1H4/b21-12+;/t17-;/m1./s1. The van der Waals surface area contributed by atoms with Crippen molar-refractivity contribution in [2.24, 2.45) is 16.8 Å². The van der Waals surface area contributed by atoms with Crippen LogP contribution < -0.4 is 16.5 Å². The maximum absolute atomic E-state index is 12.4. The van der Waals surface area contributed by atoms with E-state index in [2.05, 4.69) is 15.8 Å². The zero-order valence-electron chi connectivity index (χ0n) is 14.3. The lowest BCUT2D eigenvalue weighted by Gasteiger charge is -2.18. The molecule has 138 valence electrons. The number of nitrogens with one attached hydrogen (secondary N) is 2. The molecule has 2 rings (SSSR count). The highest BCUT2D eigenvalue weighted by Gasteiger charge is 2.15. The van der Waals surface area contributed by atoms with Crippen LogP contribution in [0.15, 0.2) is 59.7 Å². The van der Waals surface area contributed by atoms with Crippen molar-refractivity contribution in [2.75, 3.05) is 0 Å². The van der Waals surface area contributed by atoms with Crippen molar-refractivity contribution in [3.05, 3.63) is 60.2 Å². The molecule has 0 spiro atoms. The summed E-state index contributed by atoms with van der Waals surface area (Å²) in [6.45, 7) is 3.89. The second kappa shape index (κ2) is 9.98. The van der Waals surface area contributed by atoms with Crippen LogP contribution in [-0.2, 0) is 0 Å². The molecule has 0 bridgehead atoms. The minimum Gasteiger partial charge on any atom is -0.350 e. The van der Waals surface area contributed by atoms with Crippen LogP contribution in [0.4, 0.5) is 4.79 Å². The Labute approximate surface area is 154 Å². The fraction of sp³-hybridized carbons (Fsp3) is 0.250. The largest absolute Gasteiger partial charge is 0.350 e. The van der Waals surface area contributed by atoms with Crippen LogP contribution in [0, 0.1) is 5.92 Å². The Morgan fingerprint density at radius 1 is 1.00 bits per heavy atom. The van der Waals surface area contributed by atoms with Crippen molar-refractivity contribution in [3.63, 3.8) is 0 Å². The van der Waals surface area contributed by atoms with Crippen LogP contribution >= 0.6 is 0 Å². The Balaban J connectivity index is 0.00000338. The molecule has 0 aliphatic carbocycles. The van der Waals surface area contributed by atoms with Crippen LogP contribution in [0.25, 0.3) is 11.1 Å². The summed E-state index contributed by atoms with van der Waals surface area (Å²) in [7, 11) is 0. The number of carbonyl (C=O) groups excluding carboxylic acids is 2. The third kappa shape index (κ3) is 6.05. The second-order valence-electron chi connectivity index (χ2n) is 5.94. The van der Waals surface area contributed by atoms with E-state index in [1.54, 1.807) is 12.1 Å². The number of nitrogens with zero attached hydrogens (tertiary/aromatic N) is 1. The van der Waals surface area contributed by atoms with E-state index in [-0.39, 0.29) is 25.3 Å². The molecule has 2 aromatic carbocycles. The molecule has 3 amide bonds. The van der Waals surface area contributed by atoms with E-state index in [0.29, 0.717) is 5.56 Å². The topological polar surface area (TPSA) is 96.6 Å². The molecule has 0 unspecified atom stereocenters. The van der Waals surface area contributed by atoms with E-state index in [4.69, 9.17) is 5.73 Å². The Hall–Kier alpha value is -3.15. The van der Waals surface area contributed by atoms with Crippen molar-refractivity contribution in [1.82, 2.24) is 10.7 Å². The first kappa shape index (κ1) is 20.9. The zero-order valence-corrected chi connectivity index (χ0v) is 14.3. The summed E-state index contributed by atoms with van der Waals surface area (Å²) in [4.78, 5) is 23.1. The van der Waals surface area contributed by atoms with Gasteiger partial charge in [-0.25, -0.2) is 10.2 Å². The monoisotopic (exact) mass is 354 g/mol. The molecule has 1 atom stereocenters. The van der Waals surface area contributed by atoms with Gasteiger partial charge in [-0.15, -0.1) is 0 Å². The van der Waals surface area contributed by atoms with Crippen LogP contribution in [0.1, 0.15) is 31.6 Å². The molecule has 6 nitrogen and oxygen atoms in total. The van der Waals surface area contributed by atoms with Crippen molar-refractivity contribution in [2.45, 2.75) is 27.3 Å². The number of nitrogens with two attached hydrogens (primary N) is 1. The van der Waals surface area contributed by atoms with Crippen LogP contribution in [0.5, 0.6) is 0 Å². The van der Waals surface area contributed by atoms with Gasteiger partial charge in [0.1, 0.15) is 0 Å². The molecule has 0 aliphatic rings. The summed E-state index contributed by atoms with van der Waals surface area (Å²) in [5, 5.41) is 6.61. The molecule has 0 saturated heterocycles. The fourth-order valence-corrected chi connectivity index (χ4v) is 2.24. The smallest absolute Gasteiger partial charge is 0.332 e. The number of hydrogen-bond acceptors (Lipinski definition) is 3. The highest BCUT2D eigenvalue weighted by atomic mass is 16.2. The first-order valence-electron chi connectivity index (χ1n) is 8.02. The Kier molecular flexibility index (Phi) is 8.02. The molecule has 6 heteroatoms. The van der Waals surface area contributed by atoms with Crippen molar-refractivity contribution in [3.8, 4) is 11.1 Å². The van der Waals surface area contributed by atoms with Gasteiger partial charge in [0.25, 0.3) is 5.91 Å². The SMILES string of the molecule is C.CC(C)[C@@H](/C=N/NC(N)=O)NC(=O)c1ccc(-c2ccccc2)cc1. The maximum Gasteiger partial charge on any atom is 0.332 e. The molecular formula is C20H26N4O2. The average Bonchev–Trinajstić information content (AvgIpc) is 2.61. The van der Waals surface area contributed by atoms with Gasteiger partial charge in [0, 0.05) is 11.8 Å². The van der Waals surface area contributed by atoms with Crippen molar-refractivity contribution < 1.29 is 9.59 Å². The normalized spacial score (nSPS) is 11.7. The van der Waals surface area contributed by atoms with E-state index in [9.17, 15) is 9.59 Å². The fourth-order valence-electron chi connectivity index (χ4n) is 2.24. The summed E-state index contributed by atoms with van der Waals surface area (Å²) in [6, 6.07) is 16.3. The number of rotatable bonds is 6. The molecule has 0 saturated carbocycles. The van der Waals surface area contributed by atoms with Crippen LogP contribution in [0.2, 0.25) is 0 Å². The van der Waals surface area contributed by atoms with E-state index in [1.165, 1.54) is 6.21 Å². The Morgan fingerprint density at radius 3 is 2.12 bits per heavy atom. The predicted octanol–water partition coefficient (Wildman–Crippen LogP) is 3.40. The van der Waals surface area contributed by atoms with Gasteiger partial charge in [0.2, 0.25) is 0 Å². The number of urea groups is 1. The predicted molar refractivity (Wildman–Crippen MR) is 106 cm³/mol. The quantitative estimate of drug-likeness (QED) is 0.547. The summed E-state index contributed by atoms with van der Waals surface area (Å²) < 4.78 is 0. The molecule has 0 aliphatic heterocycles. The van der Waals surface area contributed by atoms with Crippen LogP contribution in [-0.4, -0.2) is 24.2 Å². The van der Waals surface area contributed by atoms with E-state index in [1.807, 2.05) is 56.3 Å². The number of carbonyl (C=O) groups is 2. The summed E-state index contributed by atoms with van der Waals surface area (Å²) >= 11 is 0. The lowest BCUT2D eigenvalue weighted by molar-refractivity contribution is 0.0940. The minimum atomic E-state index is -0.749. The average molecular weight is 354 g/mol. The number of hydrogen-bond donors (Lipinski definition) is 3. The molecular weight excluding hydrogens is 328 g/mol. The molecule has 4 N–H and O–H groups in total. The van der Waals surface area contributed by atoms with Gasteiger partial charge < -0.3 is 11.1 Å². The molecule has 0 aromatic heterocycles. The number of hydrazone groups is 1. The second-order valence-corrected chi connectivity index (χ2v) is 5.94. The van der Waals surface area contributed by atoms with Gasteiger partial charge >= 0.3 is 6.03 Å². The Bertz CT molecular complexity index is 740. The molecule has 0 radical (unpaired) electrons. The number of primary amides is 1. The van der Waals surface area contributed by atoms with E-state index in [0.717, 1.165) is 11.1 Å². The third-order valence-corrected chi connectivity index (χ3v) is 3.68. The van der Waals surface area contributed by atoms with Gasteiger partial charge in [0.15, 0.2) is 0 Å².